The monoisotopic (exact) mass is 290 g/mol. The third-order valence-corrected chi connectivity index (χ3v) is 4.27. The molecule has 2 unspecified atom stereocenters. The lowest BCUT2D eigenvalue weighted by atomic mass is 10.0. The zero-order valence-electron chi connectivity index (χ0n) is 13.8. The van der Waals surface area contributed by atoms with Crippen molar-refractivity contribution in [2.24, 2.45) is 5.92 Å². The number of hydrogen-bond acceptors (Lipinski definition) is 3. The van der Waals surface area contributed by atoms with Crippen LogP contribution in [-0.4, -0.2) is 38.2 Å². The molecule has 3 nitrogen and oxygen atoms in total. The summed E-state index contributed by atoms with van der Waals surface area (Å²) >= 11 is 0. The second kappa shape index (κ2) is 8.28. The molecule has 1 aliphatic rings. The lowest BCUT2D eigenvalue weighted by Crippen LogP contribution is -2.20. The standard InChI is InChI=1S/C18H30N2O/c1-15-6-4-7-16(11-10-15)19-17-8-5-9-18(14-17)21-13-12-20(2)3/h5,8-9,14-16,19H,4,6-7,10-13H2,1-3H3. The maximum atomic E-state index is 5.81. The molecule has 0 aliphatic heterocycles. The smallest absolute Gasteiger partial charge is 0.121 e. The van der Waals surface area contributed by atoms with Gasteiger partial charge >= 0.3 is 0 Å². The molecule has 3 heteroatoms. The normalized spacial score (nSPS) is 22.9. The van der Waals surface area contributed by atoms with E-state index in [1.165, 1.54) is 37.8 Å². The number of nitrogens with zero attached hydrogens (tertiary/aromatic N) is 1. The van der Waals surface area contributed by atoms with Gasteiger partial charge in [0, 0.05) is 24.3 Å². The Bertz CT molecular complexity index is 419. The Balaban J connectivity index is 1.85. The van der Waals surface area contributed by atoms with Crippen LogP contribution in [0.4, 0.5) is 5.69 Å². The Morgan fingerprint density at radius 3 is 2.86 bits per heavy atom. The molecule has 1 aliphatic carbocycles. The van der Waals surface area contributed by atoms with E-state index in [1.54, 1.807) is 0 Å². The fourth-order valence-corrected chi connectivity index (χ4v) is 2.89. The predicted molar refractivity (Wildman–Crippen MR) is 90.2 cm³/mol. The molecule has 0 heterocycles. The molecule has 1 saturated carbocycles. The number of ether oxygens (including phenoxy) is 1. The first-order chi connectivity index (χ1) is 10.1. The van der Waals surface area contributed by atoms with Crippen molar-refractivity contribution in [3.05, 3.63) is 24.3 Å². The summed E-state index contributed by atoms with van der Waals surface area (Å²) in [6, 6.07) is 9.01. The van der Waals surface area contributed by atoms with Gasteiger partial charge in [-0.1, -0.05) is 25.8 Å². The van der Waals surface area contributed by atoms with Crippen molar-refractivity contribution in [1.82, 2.24) is 4.90 Å². The van der Waals surface area contributed by atoms with Crippen LogP contribution in [0.25, 0.3) is 0 Å². The molecule has 2 rings (SSSR count). The van der Waals surface area contributed by atoms with Crippen LogP contribution in [0.2, 0.25) is 0 Å². The average Bonchev–Trinajstić information content (AvgIpc) is 2.64. The quantitative estimate of drug-likeness (QED) is 0.801. The highest BCUT2D eigenvalue weighted by atomic mass is 16.5. The van der Waals surface area contributed by atoms with Crippen LogP contribution in [0.1, 0.15) is 39.0 Å². The third kappa shape index (κ3) is 5.96. The molecule has 0 bridgehead atoms. The van der Waals surface area contributed by atoms with Gasteiger partial charge in [0.05, 0.1) is 0 Å². The number of rotatable bonds is 6. The number of hydrogen-bond donors (Lipinski definition) is 1. The summed E-state index contributed by atoms with van der Waals surface area (Å²) in [5, 5.41) is 3.69. The largest absolute Gasteiger partial charge is 0.492 e. The Morgan fingerprint density at radius 2 is 2.05 bits per heavy atom. The van der Waals surface area contributed by atoms with E-state index < -0.39 is 0 Å². The van der Waals surface area contributed by atoms with Crippen LogP contribution >= 0.6 is 0 Å². The lowest BCUT2D eigenvalue weighted by molar-refractivity contribution is 0.261. The molecule has 0 spiro atoms. The van der Waals surface area contributed by atoms with Gasteiger partial charge in [-0.3, -0.25) is 0 Å². The molecule has 1 aromatic rings. The molecule has 0 saturated heterocycles. The molecular formula is C18H30N2O. The summed E-state index contributed by atoms with van der Waals surface area (Å²) in [7, 11) is 4.13. The van der Waals surface area contributed by atoms with Crippen LogP contribution < -0.4 is 10.1 Å². The molecule has 0 aromatic heterocycles. The summed E-state index contributed by atoms with van der Waals surface area (Å²) in [5.74, 6) is 1.85. The minimum atomic E-state index is 0.618. The SMILES string of the molecule is CC1CCCC(Nc2cccc(OCCN(C)C)c2)CC1. The Kier molecular flexibility index (Phi) is 6.37. The molecule has 1 N–H and O–H groups in total. The van der Waals surface area contributed by atoms with Crippen LogP contribution in [-0.2, 0) is 0 Å². The zero-order chi connectivity index (χ0) is 15.1. The van der Waals surface area contributed by atoms with E-state index in [2.05, 4.69) is 49.4 Å². The van der Waals surface area contributed by atoms with Crippen molar-refractivity contribution < 1.29 is 4.74 Å². The Morgan fingerprint density at radius 1 is 1.19 bits per heavy atom. The maximum absolute atomic E-state index is 5.81. The topological polar surface area (TPSA) is 24.5 Å². The van der Waals surface area contributed by atoms with Crippen molar-refractivity contribution in [1.29, 1.82) is 0 Å². The molecule has 118 valence electrons. The van der Waals surface area contributed by atoms with Crippen molar-refractivity contribution in [3.63, 3.8) is 0 Å². The number of likely N-dealkylation sites (N-methyl/N-ethyl adjacent to an activating group) is 1. The summed E-state index contributed by atoms with van der Waals surface area (Å²) in [5.41, 5.74) is 1.19. The number of nitrogens with one attached hydrogen (secondary N) is 1. The van der Waals surface area contributed by atoms with Gasteiger partial charge < -0.3 is 15.0 Å². The van der Waals surface area contributed by atoms with E-state index in [0.717, 1.165) is 24.8 Å². The Labute approximate surface area is 129 Å². The first-order valence-electron chi connectivity index (χ1n) is 8.27. The van der Waals surface area contributed by atoms with Gasteiger partial charge in [-0.2, -0.15) is 0 Å². The van der Waals surface area contributed by atoms with Crippen molar-refractivity contribution in [2.75, 3.05) is 32.6 Å². The molecule has 21 heavy (non-hydrogen) atoms. The van der Waals surface area contributed by atoms with Crippen LogP contribution in [0.3, 0.4) is 0 Å². The van der Waals surface area contributed by atoms with Crippen molar-refractivity contribution >= 4 is 5.69 Å². The van der Waals surface area contributed by atoms with Crippen molar-refractivity contribution in [2.45, 2.75) is 45.1 Å². The minimum absolute atomic E-state index is 0.618. The zero-order valence-corrected chi connectivity index (χ0v) is 13.8. The molecule has 1 aromatic carbocycles. The summed E-state index contributed by atoms with van der Waals surface area (Å²) in [4.78, 5) is 2.13. The average molecular weight is 290 g/mol. The van der Waals surface area contributed by atoms with E-state index in [0.29, 0.717) is 6.04 Å². The van der Waals surface area contributed by atoms with E-state index in [-0.39, 0.29) is 0 Å². The van der Waals surface area contributed by atoms with E-state index in [4.69, 9.17) is 4.74 Å². The first-order valence-corrected chi connectivity index (χ1v) is 8.27. The summed E-state index contributed by atoms with van der Waals surface area (Å²) < 4.78 is 5.81. The van der Waals surface area contributed by atoms with Gasteiger partial charge in [0.1, 0.15) is 12.4 Å². The third-order valence-electron chi connectivity index (χ3n) is 4.27. The number of anilines is 1. The molecule has 0 radical (unpaired) electrons. The van der Waals surface area contributed by atoms with Crippen LogP contribution in [0.15, 0.2) is 24.3 Å². The van der Waals surface area contributed by atoms with E-state index in [9.17, 15) is 0 Å². The van der Waals surface area contributed by atoms with Gasteiger partial charge in [0.15, 0.2) is 0 Å². The summed E-state index contributed by atoms with van der Waals surface area (Å²) in [6.07, 6.45) is 6.64. The Hall–Kier alpha value is -1.22. The number of benzene rings is 1. The molecule has 1 fully saturated rings. The van der Waals surface area contributed by atoms with Gasteiger partial charge in [0.25, 0.3) is 0 Å². The van der Waals surface area contributed by atoms with Gasteiger partial charge in [-0.15, -0.1) is 0 Å². The van der Waals surface area contributed by atoms with E-state index >= 15 is 0 Å². The van der Waals surface area contributed by atoms with Gasteiger partial charge in [-0.05, 0) is 51.4 Å². The van der Waals surface area contributed by atoms with Gasteiger partial charge in [-0.25, -0.2) is 0 Å². The van der Waals surface area contributed by atoms with E-state index in [1.807, 2.05) is 6.07 Å². The molecule has 0 amide bonds. The van der Waals surface area contributed by atoms with Gasteiger partial charge in [0.2, 0.25) is 0 Å². The predicted octanol–water partition coefficient (Wildman–Crippen LogP) is 4.01. The van der Waals surface area contributed by atoms with Crippen molar-refractivity contribution in [3.8, 4) is 5.75 Å². The highest BCUT2D eigenvalue weighted by Gasteiger charge is 2.15. The molecular weight excluding hydrogens is 260 g/mol. The van der Waals surface area contributed by atoms with Crippen LogP contribution in [0, 0.1) is 5.92 Å². The lowest BCUT2D eigenvalue weighted by Gasteiger charge is -2.18. The van der Waals surface area contributed by atoms with Crippen LogP contribution in [0.5, 0.6) is 5.75 Å². The second-order valence-corrected chi connectivity index (χ2v) is 6.63. The second-order valence-electron chi connectivity index (χ2n) is 6.63. The molecule has 2 atom stereocenters. The fraction of sp³-hybridized carbons (Fsp3) is 0.667. The fourth-order valence-electron chi connectivity index (χ4n) is 2.89. The minimum Gasteiger partial charge on any atom is -0.492 e. The maximum Gasteiger partial charge on any atom is 0.121 e. The summed E-state index contributed by atoms with van der Waals surface area (Å²) in [6.45, 7) is 4.05. The first kappa shape index (κ1) is 16.2. The highest BCUT2D eigenvalue weighted by molar-refractivity contribution is 5.48. The highest BCUT2D eigenvalue weighted by Crippen LogP contribution is 2.26.